The van der Waals surface area contributed by atoms with Gasteiger partial charge in [0.2, 0.25) is 5.17 Å². The van der Waals surface area contributed by atoms with Gasteiger partial charge in [0.1, 0.15) is 17.4 Å². The molecular formula is C27H25N5O2S. The molecule has 0 radical (unpaired) electrons. The number of amidine groups is 2. The summed E-state index contributed by atoms with van der Waals surface area (Å²) in [4.78, 5) is 17.1. The van der Waals surface area contributed by atoms with Crippen LogP contribution in [0.4, 0.5) is 0 Å². The van der Waals surface area contributed by atoms with Gasteiger partial charge in [-0.15, -0.1) is 0 Å². The number of amides is 1. The lowest BCUT2D eigenvalue weighted by Crippen LogP contribution is -2.35. The SMILES string of the molecule is Cc1ccccc1OCC1=NN2C(=N)/C(=C\c3cc(C)n(Cc4ccccc4)c3C)C(=O)N=C2S1. The second kappa shape index (κ2) is 9.38. The van der Waals surface area contributed by atoms with E-state index in [1.54, 1.807) is 6.08 Å². The molecule has 2 aliphatic heterocycles. The Morgan fingerprint density at radius 2 is 1.80 bits per heavy atom. The molecule has 35 heavy (non-hydrogen) atoms. The third kappa shape index (κ3) is 4.57. The molecule has 8 heteroatoms. The Kier molecular flexibility index (Phi) is 6.13. The molecule has 0 unspecified atom stereocenters. The van der Waals surface area contributed by atoms with Crippen molar-refractivity contribution in [1.29, 1.82) is 5.41 Å². The van der Waals surface area contributed by atoms with Gasteiger partial charge in [-0.2, -0.15) is 15.1 Å². The molecule has 0 saturated heterocycles. The number of aryl methyl sites for hydroxylation is 2. The fourth-order valence-corrected chi connectivity index (χ4v) is 4.88. The molecule has 1 N–H and O–H groups in total. The van der Waals surface area contributed by atoms with Crippen molar-refractivity contribution in [2.24, 2.45) is 10.1 Å². The van der Waals surface area contributed by atoms with E-state index in [0.29, 0.717) is 10.2 Å². The van der Waals surface area contributed by atoms with Gasteiger partial charge in [0.05, 0.1) is 5.57 Å². The van der Waals surface area contributed by atoms with Crippen molar-refractivity contribution in [3.8, 4) is 5.75 Å². The van der Waals surface area contributed by atoms with Crippen LogP contribution in [-0.4, -0.2) is 38.1 Å². The van der Waals surface area contributed by atoms with Gasteiger partial charge in [0.15, 0.2) is 5.84 Å². The summed E-state index contributed by atoms with van der Waals surface area (Å²) in [6.45, 7) is 7.04. The average molecular weight is 484 g/mol. The molecule has 5 rings (SSSR count). The number of aromatic nitrogens is 1. The lowest BCUT2D eigenvalue weighted by molar-refractivity contribution is -0.114. The molecule has 0 bridgehead atoms. The zero-order valence-electron chi connectivity index (χ0n) is 19.8. The monoisotopic (exact) mass is 483 g/mol. The van der Waals surface area contributed by atoms with E-state index in [-0.39, 0.29) is 18.0 Å². The van der Waals surface area contributed by atoms with Gasteiger partial charge in [-0.05, 0) is 67.4 Å². The highest BCUT2D eigenvalue weighted by Crippen LogP contribution is 2.30. The highest BCUT2D eigenvalue weighted by atomic mass is 32.2. The van der Waals surface area contributed by atoms with Crippen LogP contribution in [0.2, 0.25) is 0 Å². The number of hydrogen-bond donors (Lipinski definition) is 1. The van der Waals surface area contributed by atoms with E-state index in [4.69, 9.17) is 10.1 Å². The van der Waals surface area contributed by atoms with Gasteiger partial charge in [-0.25, -0.2) is 0 Å². The molecule has 0 fully saturated rings. The number of aliphatic imine (C=N–C) groups is 1. The Morgan fingerprint density at radius 3 is 2.57 bits per heavy atom. The normalized spacial score (nSPS) is 16.4. The molecule has 2 aromatic carbocycles. The third-order valence-corrected chi connectivity index (χ3v) is 6.92. The number of carbonyl (C=O) groups is 1. The molecule has 0 aliphatic carbocycles. The molecule has 0 atom stereocenters. The molecule has 3 heterocycles. The van der Waals surface area contributed by atoms with E-state index in [2.05, 4.69) is 26.8 Å². The van der Waals surface area contributed by atoms with Crippen LogP contribution in [0.25, 0.3) is 6.08 Å². The Balaban J connectivity index is 1.37. The first-order valence-corrected chi connectivity index (χ1v) is 12.1. The summed E-state index contributed by atoms with van der Waals surface area (Å²) in [6.07, 6.45) is 1.75. The Labute approximate surface area is 208 Å². The quantitative estimate of drug-likeness (QED) is 0.491. The van der Waals surface area contributed by atoms with Crippen LogP contribution in [0.15, 0.2) is 76.3 Å². The largest absolute Gasteiger partial charge is 0.486 e. The topological polar surface area (TPSA) is 83.0 Å². The second-order valence-corrected chi connectivity index (χ2v) is 9.51. The van der Waals surface area contributed by atoms with Crippen molar-refractivity contribution in [3.05, 3.63) is 94.3 Å². The van der Waals surface area contributed by atoms with E-state index in [9.17, 15) is 4.79 Å². The van der Waals surface area contributed by atoms with Crippen LogP contribution in [0.3, 0.4) is 0 Å². The number of hydrogen-bond acceptors (Lipinski definition) is 5. The minimum absolute atomic E-state index is 0.0197. The van der Waals surface area contributed by atoms with Crippen LogP contribution in [-0.2, 0) is 11.3 Å². The van der Waals surface area contributed by atoms with Crippen LogP contribution in [0, 0.1) is 26.2 Å². The van der Waals surface area contributed by atoms with Crippen molar-refractivity contribution >= 4 is 39.8 Å². The molecule has 0 spiro atoms. The predicted octanol–water partition coefficient (Wildman–Crippen LogP) is 5.16. The fourth-order valence-electron chi connectivity index (χ4n) is 4.09. The number of para-hydroxylation sites is 1. The second-order valence-electron chi connectivity index (χ2n) is 8.47. The van der Waals surface area contributed by atoms with Crippen molar-refractivity contribution in [2.75, 3.05) is 6.61 Å². The van der Waals surface area contributed by atoms with Gasteiger partial charge >= 0.3 is 0 Å². The number of rotatable bonds is 6. The number of thioether (sulfide) groups is 1. The summed E-state index contributed by atoms with van der Waals surface area (Å²) in [6, 6.07) is 20.0. The molecule has 0 saturated carbocycles. The van der Waals surface area contributed by atoms with E-state index >= 15 is 0 Å². The molecule has 1 aromatic heterocycles. The molecule has 176 valence electrons. The summed E-state index contributed by atoms with van der Waals surface area (Å²) in [5.74, 6) is 0.365. The van der Waals surface area contributed by atoms with Gasteiger partial charge in [0, 0.05) is 17.9 Å². The minimum Gasteiger partial charge on any atom is -0.486 e. The molecule has 1 amide bonds. The first-order chi connectivity index (χ1) is 16.9. The average Bonchev–Trinajstić information content (AvgIpc) is 3.37. The zero-order valence-corrected chi connectivity index (χ0v) is 20.6. The summed E-state index contributed by atoms with van der Waals surface area (Å²) >= 11 is 1.25. The summed E-state index contributed by atoms with van der Waals surface area (Å²) in [5.41, 5.74) is 5.46. The van der Waals surface area contributed by atoms with Gasteiger partial charge in [-0.3, -0.25) is 10.2 Å². The van der Waals surface area contributed by atoms with Gasteiger partial charge < -0.3 is 9.30 Å². The first-order valence-electron chi connectivity index (χ1n) is 11.3. The summed E-state index contributed by atoms with van der Waals surface area (Å²) < 4.78 is 8.09. The highest BCUT2D eigenvalue weighted by Gasteiger charge is 2.36. The van der Waals surface area contributed by atoms with Crippen LogP contribution in [0.1, 0.15) is 28.1 Å². The number of ether oxygens (including phenoxy) is 1. The maximum atomic E-state index is 12.9. The Morgan fingerprint density at radius 1 is 1.06 bits per heavy atom. The predicted molar refractivity (Wildman–Crippen MR) is 141 cm³/mol. The van der Waals surface area contributed by atoms with E-state index in [1.807, 2.05) is 69.3 Å². The molecular weight excluding hydrogens is 458 g/mol. The van der Waals surface area contributed by atoms with E-state index in [0.717, 1.165) is 34.8 Å². The standard InChI is InChI=1S/C27H25N5O2S/c1-17-9-7-8-12-23(17)34-16-24-30-32-25(28)22(26(33)29-27(32)35-24)14-21-13-18(2)31(19(21)3)15-20-10-5-4-6-11-20/h4-14,28H,15-16H2,1-3H3/b22-14+,28-25?. The van der Waals surface area contributed by atoms with Gasteiger partial charge in [-0.1, -0.05) is 48.5 Å². The number of nitrogens with one attached hydrogen (secondary N) is 1. The number of carbonyl (C=O) groups excluding carboxylic acids is 1. The highest BCUT2D eigenvalue weighted by molar-refractivity contribution is 8.27. The van der Waals surface area contributed by atoms with Crippen LogP contribution >= 0.6 is 11.8 Å². The zero-order chi connectivity index (χ0) is 24.5. The summed E-state index contributed by atoms with van der Waals surface area (Å²) in [7, 11) is 0. The van der Waals surface area contributed by atoms with Crippen molar-refractivity contribution in [1.82, 2.24) is 9.58 Å². The van der Waals surface area contributed by atoms with Gasteiger partial charge in [0.25, 0.3) is 5.91 Å². The maximum absolute atomic E-state index is 12.9. The van der Waals surface area contributed by atoms with Crippen molar-refractivity contribution in [2.45, 2.75) is 27.3 Å². The van der Waals surface area contributed by atoms with E-state index < -0.39 is 5.91 Å². The van der Waals surface area contributed by atoms with Crippen LogP contribution < -0.4 is 4.74 Å². The first kappa shape index (κ1) is 22.9. The molecule has 2 aliphatic rings. The smallest absolute Gasteiger partial charge is 0.283 e. The number of nitrogens with zero attached hydrogens (tertiary/aromatic N) is 4. The minimum atomic E-state index is -0.433. The van der Waals surface area contributed by atoms with Crippen LogP contribution in [0.5, 0.6) is 5.75 Å². The molecule has 7 nitrogen and oxygen atoms in total. The maximum Gasteiger partial charge on any atom is 0.283 e. The number of hydrazone groups is 1. The van der Waals surface area contributed by atoms with Crippen molar-refractivity contribution in [3.63, 3.8) is 0 Å². The fraction of sp³-hybridized carbons (Fsp3) is 0.185. The summed E-state index contributed by atoms with van der Waals surface area (Å²) in [5, 5.41) is 15.6. The van der Waals surface area contributed by atoms with E-state index in [1.165, 1.54) is 22.3 Å². The Hall–Kier alpha value is -3.91. The lowest BCUT2D eigenvalue weighted by atomic mass is 10.1. The lowest BCUT2D eigenvalue weighted by Gasteiger charge is -2.20. The Bertz CT molecular complexity index is 1420. The number of fused-ring (bicyclic) bond motifs is 1. The van der Waals surface area contributed by atoms with Crippen molar-refractivity contribution < 1.29 is 9.53 Å². The molecule has 3 aromatic rings. The third-order valence-electron chi connectivity index (χ3n) is 6.04. The number of benzene rings is 2.